The molecule has 1 aliphatic rings. The zero-order valence-electron chi connectivity index (χ0n) is 13.6. The number of phenols is 1. The second-order valence-corrected chi connectivity index (χ2v) is 6.23. The van der Waals surface area contributed by atoms with Gasteiger partial charge in [0, 0.05) is 39.3 Å². The fourth-order valence-electron chi connectivity index (χ4n) is 3.08. The van der Waals surface area contributed by atoms with Crippen LogP contribution in [0, 0.1) is 0 Å². The molecule has 0 bridgehead atoms. The number of carboxylic acid groups (broad SMARTS) is 1. The fraction of sp³-hybridized carbons (Fsp3) is 0.316. The number of nitrogens with zero attached hydrogens (tertiary/aromatic N) is 2. The van der Waals surface area contributed by atoms with E-state index in [2.05, 4.69) is 9.80 Å². The third-order valence-corrected chi connectivity index (χ3v) is 4.36. The SMILES string of the molecule is O=C(O)c1cccc(CN2CCN(Cc3cccc(O)c3)CC2)c1. The largest absolute Gasteiger partial charge is 0.508 e. The maximum atomic E-state index is 11.0. The zero-order valence-corrected chi connectivity index (χ0v) is 13.6. The van der Waals surface area contributed by atoms with Gasteiger partial charge in [-0.15, -0.1) is 0 Å². The Labute approximate surface area is 141 Å². The Morgan fingerprint density at radius 1 is 0.875 bits per heavy atom. The van der Waals surface area contributed by atoms with Crippen LogP contribution < -0.4 is 0 Å². The van der Waals surface area contributed by atoms with Crippen molar-refractivity contribution in [3.8, 4) is 5.75 Å². The molecule has 0 aliphatic carbocycles. The Morgan fingerprint density at radius 2 is 1.42 bits per heavy atom. The Kier molecular flexibility index (Phi) is 5.13. The van der Waals surface area contributed by atoms with Gasteiger partial charge in [-0.3, -0.25) is 9.80 Å². The van der Waals surface area contributed by atoms with Crippen molar-refractivity contribution in [3.05, 3.63) is 65.2 Å². The smallest absolute Gasteiger partial charge is 0.335 e. The molecular weight excluding hydrogens is 304 g/mol. The second-order valence-electron chi connectivity index (χ2n) is 6.23. The van der Waals surface area contributed by atoms with E-state index in [1.165, 1.54) is 0 Å². The van der Waals surface area contributed by atoms with E-state index in [1.807, 2.05) is 24.3 Å². The summed E-state index contributed by atoms with van der Waals surface area (Å²) in [6.07, 6.45) is 0. The quantitative estimate of drug-likeness (QED) is 0.883. The minimum atomic E-state index is -0.882. The van der Waals surface area contributed by atoms with E-state index in [1.54, 1.807) is 24.3 Å². The number of rotatable bonds is 5. The summed E-state index contributed by atoms with van der Waals surface area (Å²) in [5.41, 5.74) is 2.50. The first-order chi connectivity index (χ1) is 11.6. The van der Waals surface area contributed by atoms with Gasteiger partial charge in [-0.2, -0.15) is 0 Å². The van der Waals surface area contributed by atoms with Gasteiger partial charge in [0.05, 0.1) is 5.56 Å². The van der Waals surface area contributed by atoms with Crippen molar-refractivity contribution in [3.63, 3.8) is 0 Å². The summed E-state index contributed by atoms with van der Waals surface area (Å²) >= 11 is 0. The minimum absolute atomic E-state index is 0.310. The summed E-state index contributed by atoms with van der Waals surface area (Å²) < 4.78 is 0. The van der Waals surface area contributed by atoms with Crippen molar-refractivity contribution in [2.75, 3.05) is 26.2 Å². The number of piperazine rings is 1. The van der Waals surface area contributed by atoms with Gasteiger partial charge in [0.1, 0.15) is 5.75 Å². The number of hydrogen-bond donors (Lipinski definition) is 2. The van der Waals surface area contributed by atoms with Crippen molar-refractivity contribution < 1.29 is 15.0 Å². The highest BCUT2D eigenvalue weighted by molar-refractivity contribution is 5.87. The Balaban J connectivity index is 1.52. The van der Waals surface area contributed by atoms with Crippen molar-refractivity contribution in [2.24, 2.45) is 0 Å². The van der Waals surface area contributed by atoms with E-state index in [-0.39, 0.29) is 0 Å². The molecule has 0 aromatic heterocycles. The minimum Gasteiger partial charge on any atom is -0.508 e. The van der Waals surface area contributed by atoms with E-state index in [9.17, 15) is 9.90 Å². The molecule has 1 saturated heterocycles. The van der Waals surface area contributed by atoms with Crippen LogP contribution in [0.2, 0.25) is 0 Å². The van der Waals surface area contributed by atoms with Gasteiger partial charge in [0.2, 0.25) is 0 Å². The summed E-state index contributed by atoms with van der Waals surface area (Å²) in [6, 6.07) is 14.6. The maximum absolute atomic E-state index is 11.0. The fourth-order valence-corrected chi connectivity index (χ4v) is 3.08. The van der Waals surface area contributed by atoms with Gasteiger partial charge in [0.25, 0.3) is 0 Å². The Morgan fingerprint density at radius 3 is 1.96 bits per heavy atom. The molecule has 24 heavy (non-hydrogen) atoms. The Bertz CT molecular complexity index is 709. The summed E-state index contributed by atoms with van der Waals surface area (Å²) in [5.74, 6) is -0.572. The van der Waals surface area contributed by atoms with Crippen LogP contribution in [-0.4, -0.2) is 52.2 Å². The van der Waals surface area contributed by atoms with Gasteiger partial charge >= 0.3 is 5.97 Å². The summed E-state index contributed by atoms with van der Waals surface area (Å²) in [5, 5.41) is 18.6. The number of carbonyl (C=O) groups is 1. The van der Waals surface area contributed by atoms with Crippen LogP contribution in [0.1, 0.15) is 21.5 Å². The molecular formula is C19H22N2O3. The number of phenolic OH excluding ortho intramolecular Hbond substituents is 1. The van der Waals surface area contributed by atoms with Crippen molar-refractivity contribution in [2.45, 2.75) is 13.1 Å². The predicted molar refractivity (Wildman–Crippen MR) is 92.1 cm³/mol. The van der Waals surface area contributed by atoms with Crippen LogP contribution in [0.15, 0.2) is 48.5 Å². The number of aromatic carboxylic acids is 1. The number of benzene rings is 2. The highest BCUT2D eigenvalue weighted by Gasteiger charge is 2.17. The Hall–Kier alpha value is -2.37. The topological polar surface area (TPSA) is 64.0 Å². The summed E-state index contributed by atoms with van der Waals surface area (Å²) in [6.45, 7) is 5.46. The lowest BCUT2D eigenvalue weighted by Crippen LogP contribution is -2.45. The van der Waals surface area contributed by atoms with Crippen LogP contribution >= 0.6 is 0 Å². The van der Waals surface area contributed by atoms with Crippen molar-refractivity contribution in [1.82, 2.24) is 9.80 Å². The van der Waals surface area contributed by atoms with Crippen LogP contribution in [0.4, 0.5) is 0 Å². The van der Waals surface area contributed by atoms with E-state index < -0.39 is 5.97 Å². The van der Waals surface area contributed by atoms with Crippen LogP contribution in [0.5, 0.6) is 5.75 Å². The molecule has 2 aromatic carbocycles. The monoisotopic (exact) mass is 326 g/mol. The van der Waals surface area contributed by atoms with Crippen LogP contribution in [0.3, 0.4) is 0 Å². The standard InChI is InChI=1S/C19H22N2O3/c22-18-6-2-4-16(12-18)14-21-9-7-20(8-10-21)13-15-3-1-5-17(11-15)19(23)24/h1-6,11-12,22H,7-10,13-14H2,(H,23,24). The average molecular weight is 326 g/mol. The molecule has 0 unspecified atom stereocenters. The van der Waals surface area contributed by atoms with Gasteiger partial charge in [-0.05, 0) is 35.4 Å². The van der Waals surface area contributed by atoms with E-state index >= 15 is 0 Å². The first-order valence-corrected chi connectivity index (χ1v) is 8.15. The highest BCUT2D eigenvalue weighted by atomic mass is 16.4. The molecule has 0 radical (unpaired) electrons. The highest BCUT2D eigenvalue weighted by Crippen LogP contribution is 2.15. The molecule has 126 valence electrons. The number of aromatic hydroxyl groups is 1. The molecule has 1 heterocycles. The molecule has 2 aromatic rings. The third kappa shape index (κ3) is 4.34. The molecule has 1 fully saturated rings. The lowest BCUT2D eigenvalue weighted by atomic mass is 10.1. The molecule has 0 saturated carbocycles. The molecule has 0 atom stereocenters. The molecule has 1 aliphatic heterocycles. The van der Waals surface area contributed by atoms with Crippen LogP contribution in [0.25, 0.3) is 0 Å². The first kappa shape index (κ1) is 16.5. The van der Waals surface area contributed by atoms with Crippen molar-refractivity contribution >= 4 is 5.97 Å². The second kappa shape index (κ2) is 7.47. The third-order valence-electron chi connectivity index (χ3n) is 4.36. The molecule has 3 rings (SSSR count). The van der Waals surface area contributed by atoms with E-state index in [0.717, 1.165) is 50.4 Å². The molecule has 0 amide bonds. The average Bonchev–Trinajstić information content (AvgIpc) is 2.57. The first-order valence-electron chi connectivity index (χ1n) is 8.15. The molecule has 2 N–H and O–H groups in total. The maximum Gasteiger partial charge on any atom is 0.335 e. The molecule has 5 heteroatoms. The number of carboxylic acids is 1. The lowest BCUT2D eigenvalue weighted by Gasteiger charge is -2.34. The molecule has 5 nitrogen and oxygen atoms in total. The van der Waals surface area contributed by atoms with E-state index in [0.29, 0.717) is 11.3 Å². The summed E-state index contributed by atoms with van der Waals surface area (Å²) in [4.78, 5) is 15.8. The van der Waals surface area contributed by atoms with Gasteiger partial charge < -0.3 is 10.2 Å². The number of hydrogen-bond acceptors (Lipinski definition) is 4. The normalized spacial score (nSPS) is 16.2. The predicted octanol–water partition coefficient (Wildman–Crippen LogP) is 2.41. The van der Waals surface area contributed by atoms with Gasteiger partial charge in [0.15, 0.2) is 0 Å². The van der Waals surface area contributed by atoms with Crippen molar-refractivity contribution in [1.29, 1.82) is 0 Å². The molecule has 0 spiro atoms. The van der Waals surface area contributed by atoms with Gasteiger partial charge in [-0.1, -0.05) is 24.3 Å². The lowest BCUT2D eigenvalue weighted by molar-refractivity contribution is 0.0696. The summed E-state index contributed by atoms with van der Waals surface area (Å²) in [7, 11) is 0. The van der Waals surface area contributed by atoms with Crippen LogP contribution in [-0.2, 0) is 13.1 Å². The van der Waals surface area contributed by atoms with Gasteiger partial charge in [-0.25, -0.2) is 4.79 Å². The zero-order chi connectivity index (χ0) is 16.9. The van der Waals surface area contributed by atoms with E-state index in [4.69, 9.17) is 5.11 Å².